The summed E-state index contributed by atoms with van der Waals surface area (Å²) in [7, 11) is -4.04. The van der Waals surface area contributed by atoms with E-state index in [0.717, 1.165) is 32.2 Å². The molecule has 0 amide bonds. The van der Waals surface area contributed by atoms with Gasteiger partial charge in [0.25, 0.3) is 0 Å². The van der Waals surface area contributed by atoms with Crippen molar-refractivity contribution in [3.63, 3.8) is 0 Å². The van der Waals surface area contributed by atoms with Crippen LogP contribution in [0.2, 0.25) is 5.02 Å². The molecule has 1 aliphatic rings. The van der Waals surface area contributed by atoms with Gasteiger partial charge in [0.15, 0.2) is 0 Å². The van der Waals surface area contributed by atoms with Crippen LogP contribution in [0.15, 0.2) is 23.1 Å². The van der Waals surface area contributed by atoms with E-state index in [-0.39, 0.29) is 36.4 Å². The predicted octanol–water partition coefficient (Wildman–Crippen LogP) is 2.39. The van der Waals surface area contributed by atoms with Gasteiger partial charge >= 0.3 is 6.18 Å². The minimum absolute atomic E-state index is 0. The summed E-state index contributed by atoms with van der Waals surface area (Å²) in [4.78, 5) is 1.58. The topological polar surface area (TPSA) is 61.4 Å². The summed E-state index contributed by atoms with van der Waals surface area (Å²) < 4.78 is 64.8. The van der Waals surface area contributed by atoms with E-state index in [0.29, 0.717) is 18.7 Å². The van der Waals surface area contributed by atoms with Crippen LogP contribution in [0.3, 0.4) is 0 Å². The molecular formula is C13H19Cl3F3N3O2S. The summed E-state index contributed by atoms with van der Waals surface area (Å²) in [5, 5.41) is 2.90. The summed E-state index contributed by atoms with van der Waals surface area (Å²) in [6.45, 7) is 3.88. The van der Waals surface area contributed by atoms with E-state index in [1.165, 1.54) is 0 Å². The van der Waals surface area contributed by atoms with Crippen molar-refractivity contribution < 1.29 is 21.6 Å². The van der Waals surface area contributed by atoms with Gasteiger partial charge in [-0.05, 0) is 18.2 Å². The van der Waals surface area contributed by atoms with Gasteiger partial charge in [0.05, 0.1) is 10.5 Å². The van der Waals surface area contributed by atoms with Gasteiger partial charge < -0.3 is 5.32 Å². The fraction of sp³-hybridized carbons (Fsp3) is 0.538. The maximum absolute atomic E-state index is 12.7. The smallest absolute Gasteiger partial charge is 0.314 e. The maximum atomic E-state index is 12.7. The number of halogens is 6. The molecule has 5 nitrogen and oxygen atoms in total. The van der Waals surface area contributed by atoms with Gasteiger partial charge in [0.1, 0.15) is 0 Å². The molecule has 1 heterocycles. The molecule has 0 spiro atoms. The molecule has 1 aromatic carbocycles. The van der Waals surface area contributed by atoms with E-state index in [1.54, 1.807) is 0 Å². The van der Waals surface area contributed by atoms with Crippen LogP contribution in [0.5, 0.6) is 0 Å². The number of alkyl halides is 3. The normalized spacial score (nSPS) is 16.0. The third-order valence-electron chi connectivity index (χ3n) is 3.44. The number of hydrogen-bond donors (Lipinski definition) is 2. The van der Waals surface area contributed by atoms with Crippen LogP contribution in [0, 0.1) is 0 Å². The molecule has 0 bridgehead atoms. The van der Waals surface area contributed by atoms with E-state index in [1.807, 2.05) is 0 Å². The minimum Gasteiger partial charge on any atom is -0.314 e. The molecule has 25 heavy (non-hydrogen) atoms. The lowest BCUT2D eigenvalue weighted by Gasteiger charge is -2.27. The van der Waals surface area contributed by atoms with Crippen LogP contribution in [0.25, 0.3) is 0 Å². The molecule has 1 aliphatic heterocycles. The summed E-state index contributed by atoms with van der Waals surface area (Å²) in [6.07, 6.45) is -4.66. The van der Waals surface area contributed by atoms with Crippen molar-refractivity contribution in [2.24, 2.45) is 0 Å². The highest BCUT2D eigenvalue weighted by Crippen LogP contribution is 2.32. The van der Waals surface area contributed by atoms with Gasteiger partial charge in [-0.3, -0.25) is 4.90 Å². The van der Waals surface area contributed by atoms with Crippen LogP contribution < -0.4 is 10.0 Å². The zero-order chi connectivity index (χ0) is 17.1. The average molecular weight is 445 g/mol. The number of sulfonamides is 1. The zero-order valence-corrected chi connectivity index (χ0v) is 16.2. The van der Waals surface area contributed by atoms with Crippen molar-refractivity contribution in [1.82, 2.24) is 14.9 Å². The lowest BCUT2D eigenvalue weighted by Crippen LogP contribution is -2.46. The van der Waals surface area contributed by atoms with Gasteiger partial charge in [0, 0.05) is 44.3 Å². The maximum Gasteiger partial charge on any atom is 0.416 e. The van der Waals surface area contributed by atoms with Crippen molar-refractivity contribution in [3.8, 4) is 0 Å². The van der Waals surface area contributed by atoms with Gasteiger partial charge in [-0.2, -0.15) is 13.2 Å². The Kier molecular flexibility index (Phi) is 10.0. The number of rotatable bonds is 5. The Labute approximate surface area is 162 Å². The molecule has 0 unspecified atom stereocenters. The lowest BCUT2D eigenvalue weighted by molar-refractivity contribution is -0.137. The van der Waals surface area contributed by atoms with Crippen molar-refractivity contribution in [2.45, 2.75) is 11.1 Å². The highest BCUT2D eigenvalue weighted by Gasteiger charge is 2.32. The van der Waals surface area contributed by atoms with E-state index in [4.69, 9.17) is 11.6 Å². The molecule has 1 aromatic rings. The first-order valence-electron chi connectivity index (χ1n) is 6.99. The molecule has 1 saturated heterocycles. The number of nitrogens with zero attached hydrogens (tertiary/aromatic N) is 1. The van der Waals surface area contributed by atoms with Crippen LogP contribution in [-0.2, 0) is 16.2 Å². The van der Waals surface area contributed by atoms with Crippen LogP contribution in [0.4, 0.5) is 13.2 Å². The highest BCUT2D eigenvalue weighted by molar-refractivity contribution is 7.89. The van der Waals surface area contributed by atoms with Crippen LogP contribution >= 0.6 is 36.4 Å². The standard InChI is InChI=1S/C13H17ClF3N3O2S.2ClH/c14-11-7-10(13(15,16)17)8-12(9-11)23(21,22)19-3-6-20-4-1-18-2-5-20;;/h7-9,18-19H,1-6H2;2*1H. The fourth-order valence-corrected chi connectivity index (χ4v) is 3.63. The zero-order valence-electron chi connectivity index (χ0n) is 13.0. The molecule has 0 radical (unpaired) electrons. The first-order valence-corrected chi connectivity index (χ1v) is 8.85. The molecule has 12 heteroatoms. The Morgan fingerprint density at radius 3 is 2.32 bits per heavy atom. The quantitative estimate of drug-likeness (QED) is 0.732. The number of nitrogens with one attached hydrogen (secondary N) is 2. The van der Waals surface area contributed by atoms with E-state index in [9.17, 15) is 21.6 Å². The molecule has 0 atom stereocenters. The van der Waals surface area contributed by atoms with E-state index < -0.39 is 26.7 Å². The summed E-state index contributed by atoms with van der Waals surface area (Å²) in [5.74, 6) is 0. The molecule has 0 aromatic heterocycles. The fourth-order valence-electron chi connectivity index (χ4n) is 2.24. The van der Waals surface area contributed by atoms with Crippen LogP contribution in [0.1, 0.15) is 5.56 Å². The molecule has 0 aliphatic carbocycles. The highest BCUT2D eigenvalue weighted by atomic mass is 35.5. The van der Waals surface area contributed by atoms with E-state index >= 15 is 0 Å². The van der Waals surface area contributed by atoms with Gasteiger partial charge in [0.2, 0.25) is 10.0 Å². The second kappa shape index (κ2) is 10.1. The van der Waals surface area contributed by atoms with Crippen molar-refractivity contribution >= 4 is 46.4 Å². The number of benzene rings is 1. The summed E-state index contributed by atoms with van der Waals surface area (Å²) >= 11 is 5.61. The lowest BCUT2D eigenvalue weighted by atomic mass is 10.2. The molecule has 1 fully saturated rings. The molecular weight excluding hydrogens is 426 g/mol. The Morgan fingerprint density at radius 2 is 1.76 bits per heavy atom. The summed E-state index contributed by atoms with van der Waals surface area (Å²) in [6, 6.07) is 2.28. The SMILES string of the molecule is Cl.Cl.O=S(=O)(NCCN1CCNCC1)c1cc(Cl)cc(C(F)(F)F)c1. The van der Waals surface area contributed by atoms with Gasteiger partial charge in [-0.15, -0.1) is 24.8 Å². The van der Waals surface area contributed by atoms with E-state index in [2.05, 4.69) is 14.9 Å². The van der Waals surface area contributed by atoms with Gasteiger partial charge in [-0.25, -0.2) is 13.1 Å². The summed E-state index contributed by atoms with van der Waals surface area (Å²) in [5.41, 5.74) is -1.09. The number of hydrogen-bond acceptors (Lipinski definition) is 4. The van der Waals surface area contributed by atoms with Crippen LogP contribution in [-0.4, -0.2) is 52.6 Å². The Hall–Kier alpha value is -0.290. The van der Waals surface area contributed by atoms with Crippen molar-refractivity contribution in [3.05, 3.63) is 28.8 Å². The molecule has 2 rings (SSSR count). The third kappa shape index (κ3) is 7.46. The predicted molar refractivity (Wildman–Crippen MR) is 95.4 cm³/mol. The van der Waals surface area contributed by atoms with Crippen molar-refractivity contribution in [1.29, 1.82) is 0 Å². The third-order valence-corrected chi connectivity index (χ3v) is 5.10. The largest absolute Gasteiger partial charge is 0.416 e. The molecule has 146 valence electrons. The first kappa shape index (κ1) is 24.7. The Morgan fingerprint density at radius 1 is 1.16 bits per heavy atom. The second-order valence-electron chi connectivity index (χ2n) is 5.16. The Bertz CT molecular complexity index is 654. The Balaban J connectivity index is 0.00000288. The molecule has 0 saturated carbocycles. The van der Waals surface area contributed by atoms with Crippen molar-refractivity contribution in [2.75, 3.05) is 39.3 Å². The first-order chi connectivity index (χ1) is 10.7. The average Bonchev–Trinajstić information content (AvgIpc) is 2.46. The molecule has 2 N–H and O–H groups in total. The second-order valence-corrected chi connectivity index (χ2v) is 7.37. The monoisotopic (exact) mass is 443 g/mol. The number of piperazine rings is 1. The van der Waals surface area contributed by atoms with Gasteiger partial charge in [-0.1, -0.05) is 11.6 Å². The minimum atomic E-state index is -4.66.